The molecular formula is C49H32O11. The monoisotopic (exact) mass is 796 g/mol. The fourth-order valence-electron chi connectivity index (χ4n) is 5.69. The lowest BCUT2D eigenvalue weighted by Gasteiger charge is -2.11. The molecule has 0 atom stereocenters. The highest BCUT2D eigenvalue weighted by atomic mass is 16.6. The Labute approximate surface area is 343 Å². The van der Waals surface area contributed by atoms with Gasteiger partial charge in [0.2, 0.25) is 0 Å². The minimum absolute atomic E-state index is 0.0400. The van der Waals surface area contributed by atoms with Crippen molar-refractivity contribution in [2.45, 2.75) is 6.42 Å². The Balaban J connectivity index is 1.07. The first-order chi connectivity index (χ1) is 29.2. The van der Waals surface area contributed by atoms with Crippen molar-refractivity contribution in [3.8, 4) is 28.7 Å². The maximum absolute atomic E-state index is 13.7. The first-order valence-electron chi connectivity index (χ1n) is 18.4. The van der Waals surface area contributed by atoms with Crippen LogP contribution in [0.15, 0.2) is 182 Å². The highest BCUT2D eigenvalue weighted by Crippen LogP contribution is 2.25. The van der Waals surface area contributed by atoms with Crippen LogP contribution in [0.3, 0.4) is 0 Å². The van der Waals surface area contributed by atoms with Gasteiger partial charge in [0.25, 0.3) is 0 Å². The molecule has 7 aromatic rings. The van der Waals surface area contributed by atoms with Crippen LogP contribution in [0.1, 0.15) is 67.7 Å². The Morgan fingerprint density at radius 1 is 0.283 bits per heavy atom. The smallest absolute Gasteiger partial charge is 0.343 e. The van der Waals surface area contributed by atoms with E-state index in [0.717, 1.165) is 0 Å². The standard InChI is InChI=1S/C49H32O11/c50-44(28-32-16-20-39(21-17-32)56-45(51)33-10-4-1-5-11-33)37-29-38(49(55)59-42-26-24-41(25-27-42)58-47(53)35-14-8-3-9-15-35)31-43(30-37)60-48(54)36-18-22-40(23-19-36)57-46(52)34-12-6-2-7-13-34/h1-27,29-31H,28H2. The third-order valence-electron chi connectivity index (χ3n) is 8.75. The molecule has 0 unspecified atom stereocenters. The maximum atomic E-state index is 13.7. The molecule has 7 rings (SSSR count). The average Bonchev–Trinajstić information content (AvgIpc) is 3.28. The van der Waals surface area contributed by atoms with E-state index in [9.17, 15) is 28.8 Å². The molecule has 11 nitrogen and oxygen atoms in total. The van der Waals surface area contributed by atoms with Gasteiger partial charge in [-0.3, -0.25) is 4.79 Å². The van der Waals surface area contributed by atoms with Gasteiger partial charge in [-0.05, 0) is 121 Å². The van der Waals surface area contributed by atoms with Gasteiger partial charge in [-0.1, -0.05) is 66.7 Å². The fourth-order valence-corrected chi connectivity index (χ4v) is 5.69. The van der Waals surface area contributed by atoms with Gasteiger partial charge >= 0.3 is 29.8 Å². The summed E-state index contributed by atoms with van der Waals surface area (Å²) in [5.74, 6) is -3.10. The first-order valence-corrected chi connectivity index (χ1v) is 18.4. The number of ketones is 1. The number of carbonyl (C=O) groups is 6. The van der Waals surface area contributed by atoms with Gasteiger partial charge in [-0.2, -0.15) is 0 Å². The lowest BCUT2D eigenvalue weighted by atomic mass is 10.0. The van der Waals surface area contributed by atoms with Crippen LogP contribution in [-0.4, -0.2) is 35.6 Å². The van der Waals surface area contributed by atoms with Crippen molar-refractivity contribution in [3.63, 3.8) is 0 Å². The van der Waals surface area contributed by atoms with Crippen molar-refractivity contribution in [3.05, 3.63) is 221 Å². The van der Waals surface area contributed by atoms with Crippen molar-refractivity contribution in [1.82, 2.24) is 0 Å². The van der Waals surface area contributed by atoms with E-state index in [0.29, 0.717) is 22.3 Å². The zero-order valence-corrected chi connectivity index (χ0v) is 31.5. The normalized spacial score (nSPS) is 10.5. The predicted octanol–water partition coefficient (Wildman–Crippen LogP) is 9.21. The van der Waals surface area contributed by atoms with E-state index in [4.69, 9.17) is 23.7 Å². The van der Waals surface area contributed by atoms with Crippen LogP contribution in [0, 0.1) is 0 Å². The zero-order chi connectivity index (χ0) is 41.8. The van der Waals surface area contributed by atoms with Crippen molar-refractivity contribution < 1.29 is 52.5 Å². The summed E-state index contributed by atoms with van der Waals surface area (Å²) < 4.78 is 27.5. The summed E-state index contributed by atoms with van der Waals surface area (Å²) in [6.45, 7) is 0. The molecule has 7 aromatic carbocycles. The molecule has 294 valence electrons. The molecule has 0 aliphatic heterocycles. The van der Waals surface area contributed by atoms with Crippen LogP contribution < -0.4 is 23.7 Å². The number of hydrogen-bond acceptors (Lipinski definition) is 11. The highest BCUT2D eigenvalue weighted by molar-refractivity contribution is 6.02. The largest absolute Gasteiger partial charge is 0.423 e. The summed E-state index contributed by atoms with van der Waals surface area (Å²) in [6, 6.07) is 47.1. The van der Waals surface area contributed by atoms with Crippen molar-refractivity contribution in [1.29, 1.82) is 0 Å². The second kappa shape index (κ2) is 18.7. The molecule has 0 saturated carbocycles. The predicted molar refractivity (Wildman–Crippen MR) is 218 cm³/mol. The first kappa shape index (κ1) is 39.8. The van der Waals surface area contributed by atoms with Crippen LogP contribution in [-0.2, 0) is 6.42 Å². The topological polar surface area (TPSA) is 149 Å². The molecule has 0 aromatic heterocycles. The second-order valence-corrected chi connectivity index (χ2v) is 13.0. The Morgan fingerprint density at radius 3 is 0.983 bits per heavy atom. The van der Waals surface area contributed by atoms with Crippen molar-refractivity contribution in [2.75, 3.05) is 0 Å². The van der Waals surface area contributed by atoms with E-state index < -0.39 is 35.6 Å². The summed E-state index contributed by atoms with van der Waals surface area (Å²) in [4.78, 5) is 77.9. The van der Waals surface area contributed by atoms with Crippen LogP contribution in [0.25, 0.3) is 0 Å². The Kier molecular flexibility index (Phi) is 12.4. The molecule has 11 heteroatoms. The van der Waals surface area contributed by atoms with E-state index in [1.165, 1.54) is 66.7 Å². The molecule has 0 bridgehead atoms. The SMILES string of the molecule is O=C(Cc1ccc(OC(=O)c2ccccc2)cc1)c1cc(OC(=O)c2ccc(OC(=O)c3ccccc3)cc2)cc(C(=O)Oc2ccc(OC(=O)c3ccccc3)cc2)c1. The van der Waals surface area contributed by atoms with E-state index in [1.54, 1.807) is 115 Å². The van der Waals surface area contributed by atoms with Gasteiger partial charge in [-0.15, -0.1) is 0 Å². The number of rotatable bonds is 13. The molecule has 0 radical (unpaired) electrons. The second-order valence-electron chi connectivity index (χ2n) is 13.0. The molecule has 0 aliphatic rings. The molecule has 0 saturated heterocycles. The van der Waals surface area contributed by atoms with E-state index >= 15 is 0 Å². The molecule has 60 heavy (non-hydrogen) atoms. The summed E-state index contributed by atoms with van der Waals surface area (Å²) in [6.07, 6.45) is -0.120. The third kappa shape index (κ3) is 10.5. The molecule has 0 heterocycles. The van der Waals surface area contributed by atoms with Gasteiger partial charge in [0.15, 0.2) is 5.78 Å². The number of esters is 5. The minimum atomic E-state index is -0.870. The fraction of sp³-hybridized carbons (Fsp3) is 0.0204. The Bertz CT molecular complexity index is 2530. The lowest BCUT2D eigenvalue weighted by Crippen LogP contribution is -2.14. The molecule has 0 spiro atoms. The van der Waals surface area contributed by atoms with Gasteiger partial charge in [0.1, 0.15) is 28.7 Å². The Morgan fingerprint density at radius 2 is 0.583 bits per heavy atom. The van der Waals surface area contributed by atoms with Crippen LogP contribution in [0.5, 0.6) is 28.7 Å². The number of hydrogen-bond donors (Lipinski definition) is 0. The quantitative estimate of drug-likeness (QED) is 0.0625. The molecular weight excluding hydrogens is 765 g/mol. The number of carbonyl (C=O) groups excluding carboxylic acids is 6. The average molecular weight is 797 g/mol. The van der Waals surface area contributed by atoms with E-state index in [2.05, 4.69) is 0 Å². The van der Waals surface area contributed by atoms with E-state index in [1.807, 2.05) is 0 Å². The number of ether oxygens (including phenoxy) is 5. The van der Waals surface area contributed by atoms with Crippen molar-refractivity contribution >= 4 is 35.6 Å². The lowest BCUT2D eigenvalue weighted by molar-refractivity contribution is 0.0712. The van der Waals surface area contributed by atoms with Gasteiger partial charge in [0.05, 0.1) is 27.8 Å². The molecule has 0 fully saturated rings. The highest BCUT2D eigenvalue weighted by Gasteiger charge is 2.20. The number of benzene rings is 7. The maximum Gasteiger partial charge on any atom is 0.343 e. The summed E-state index contributed by atoms with van der Waals surface area (Å²) in [5, 5.41) is 0. The summed E-state index contributed by atoms with van der Waals surface area (Å²) >= 11 is 0. The van der Waals surface area contributed by atoms with Crippen LogP contribution in [0.4, 0.5) is 0 Å². The molecule has 0 aliphatic carbocycles. The molecule has 0 N–H and O–H groups in total. The van der Waals surface area contributed by atoms with Crippen molar-refractivity contribution in [2.24, 2.45) is 0 Å². The number of Topliss-reactive ketones (excluding diaryl/α,β-unsaturated/α-hetero) is 1. The van der Waals surface area contributed by atoms with Gasteiger partial charge in [-0.25, -0.2) is 24.0 Å². The Hall–Kier alpha value is -8.44. The summed E-state index contributed by atoms with van der Waals surface area (Å²) in [5.41, 5.74) is 1.71. The minimum Gasteiger partial charge on any atom is -0.423 e. The third-order valence-corrected chi connectivity index (χ3v) is 8.75. The zero-order valence-electron chi connectivity index (χ0n) is 31.5. The van der Waals surface area contributed by atoms with E-state index in [-0.39, 0.29) is 51.9 Å². The van der Waals surface area contributed by atoms with Crippen LogP contribution in [0.2, 0.25) is 0 Å². The summed E-state index contributed by atoms with van der Waals surface area (Å²) in [7, 11) is 0. The van der Waals surface area contributed by atoms with Gasteiger partial charge in [0, 0.05) is 12.0 Å². The molecule has 0 amide bonds. The van der Waals surface area contributed by atoms with Gasteiger partial charge < -0.3 is 23.7 Å². The van der Waals surface area contributed by atoms with Crippen LogP contribution >= 0.6 is 0 Å².